The average molecular weight is 333 g/mol. The third kappa shape index (κ3) is 2.79. The summed E-state index contributed by atoms with van der Waals surface area (Å²) in [5.74, 6) is 0.655. The monoisotopic (exact) mass is 332 g/mol. The van der Waals surface area contributed by atoms with Crippen molar-refractivity contribution in [3.63, 3.8) is 0 Å². The third-order valence-electron chi connectivity index (χ3n) is 3.62. The number of hydrogen-bond donors (Lipinski definition) is 0. The minimum atomic E-state index is 0.621. The molecule has 0 radical (unpaired) electrons. The van der Waals surface area contributed by atoms with Gasteiger partial charge in [-0.25, -0.2) is 4.98 Å². The highest BCUT2D eigenvalue weighted by atomic mass is 35.5. The maximum atomic E-state index is 6.14. The topological polar surface area (TPSA) is 42.0 Å². The van der Waals surface area contributed by atoms with Crippen molar-refractivity contribution in [2.45, 2.75) is 0 Å². The first-order valence-corrected chi connectivity index (χ1v) is 7.89. The van der Waals surface area contributed by atoms with Crippen LogP contribution in [0.15, 0.2) is 89.2 Å². The fraction of sp³-hybridized carbons (Fsp3) is 0. The smallest absolute Gasteiger partial charge is 0.187 e. The molecule has 5 heteroatoms. The van der Waals surface area contributed by atoms with Gasteiger partial charge in [0.25, 0.3) is 0 Å². The van der Waals surface area contributed by atoms with E-state index < -0.39 is 0 Å². The number of rotatable bonds is 3. The Balaban J connectivity index is 1.91. The number of pyridine rings is 1. The van der Waals surface area contributed by atoms with Crippen LogP contribution in [0.5, 0.6) is 0 Å². The molecule has 4 aromatic rings. The van der Waals surface area contributed by atoms with Crippen LogP contribution in [0.1, 0.15) is 0 Å². The number of nitrogens with zero attached hydrogens (tertiary/aromatic N) is 4. The van der Waals surface area contributed by atoms with Crippen LogP contribution >= 0.6 is 11.6 Å². The highest BCUT2D eigenvalue weighted by Gasteiger charge is 2.14. The van der Waals surface area contributed by atoms with Gasteiger partial charge in [-0.1, -0.05) is 60.1 Å². The number of imidazole rings is 1. The third-order valence-corrected chi connectivity index (χ3v) is 3.84. The van der Waals surface area contributed by atoms with Crippen LogP contribution in [-0.4, -0.2) is 9.38 Å². The Morgan fingerprint density at radius 3 is 2.25 bits per heavy atom. The van der Waals surface area contributed by atoms with Crippen LogP contribution in [0, 0.1) is 0 Å². The Labute approximate surface area is 144 Å². The fourth-order valence-corrected chi connectivity index (χ4v) is 2.65. The molecule has 0 unspecified atom stereocenters. The van der Waals surface area contributed by atoms with E-state index in [4.69, 9.17) is 11.6 Å². The zero-order chi connectivity index (χ0) is 16.4. The van der Waals surface area contributed by atoms with E-state index >= 15 is 0 Å². The lowest BCUT2D eigenvalue weighted by molar-refractivity contribution is 1.11. The standard InChI is InChI=1S/C19H13ClN4/c20-15-11-12-17-21-18(14-7-3-1-4-8-14)19(24(17)13-15)23-22-16-9-5-2-6-10-16/h1-13H. The van der Waals surface area contributed by atoms with Gasteiger partial charge in [-0.2, -0.15) is 0 Å². The van der Waals surface area contributed by atoms with Crippen molar-refractivity contribution in [2.24, 2.45) is 10.2 Å². The summed E-state index contributed by atoms with van der Waals surface area (Å²) in [6, 6.07) is 23.2. The van der Waals surface area contributed by atoms with Crippen molar-refractivity contribution in [1.82, 2.24) is 9.38 Å². The zero-order valence-electron chi connectivity index (χ0n) is 12.7. The van der Waals surface area contributed by atoms with Gasteiger partial charge in [-0.05, 0) is 24.3 Å². The Hall–Kier alpha value is -2.98. The quantitative estimate of drug-likeness (QED) is 0.420. The molecule has 0 atom stereocenters. The van der Waals surface area contributed by atoms with Crippen LogP contribution in [0.2, 0.25) is 5.02 Å². The number of halogens is 1. The Kier molecular flexibility index (Phi) is 3.81. The van der Waals surface area contributed by atoms with Crippen LogP contribution in [-0.2, 0) is 0 Å². The summed E-state index contributed by atoms with van der Waals surface area (Å²) < 4.78 is 1.86. The molecule has 0 N–H and O–H groups in total. The maximum Gasteiger partial charge on any atom is 0.187 e. The van der Waals surface area contributed by atoms with Gasteiger partial charge < -0.3 is 0 Å². The first-order chi connectivity index (χ1) is 11.8. The molecule has 4 nitrogen and oxygen atoms in total. The Morgan fingerprint density at radius 1 is 0.792 bits per heavy atom. The van der Waals surface area contributed by atoms with E-state index in [1.54, 1.807) is 6.20 Å². The van der Waals surface area contributed by atoms with Crippen LogP contribution in [0.4, 0.5) is 11.5 Å². The lowest BCUT2D eigenvalue weighted by atomic mass is 10.1. The summed E-state index contributed by atoms with van der Waals surface area (Å²) >= 11 is 6.14. The SMILES string of the molecule is Clc1ccc2nc(-c3ccccc3)c(N=Nc3ccccc3)n2c1. The second-order valence-corrected chi connectivity index (χ2v) is 5.70. The summed E-state index contributed by atoms with van der Waals surface area (Å²) in [6.45, 7) is 0. The predicted molar refractivity (Wildman–Crippen MR) is 96.3 cm³/mol. The number of benzene rings is 2. The van der Waals surface area contributed by atoms with Crippen molar-refractivity contribution in [2.75, 3.05) is 0 Å². The van der Waals surface area contributed by atoms with E-state index in [1.807, 2.05) is 77.2 Å². The second-order valence-electron chi connectivity index (χ2n) is 5.26. The van der Waals surface area contributed by atoms with Gasteiger partial charge in [-0.15, -0.1) is 10.2 Å². The second kappa shape index (κ2) is 6.26. The maximum absolute atomic E-state index is 6.14. The summed E-state index contributed by atoms with van der Waals surface area (Å²) in [7, 11) is 0. The fourth-order valence-electron chi connectivity index (χ4n) is 2.49. The van der Waals surface area contributed by atoms with Gasteiger partial charge in [0.15, 0.2) is 5.82 Å². The van der Waals surface area contributed by atoms with Crippen LogP contribution < -0.4 is 0 Å². The van der Waals surface area contributed by atoms with Gasteiger partial charge in [0, 0.05) is 11.8 Å². The number of hydrogen-bond acceptors (Lipinski definition) is 3. The molecular weight excluding hydrogens is 320 g/mol. The molecule has 0 saturated carbocycles. The summed E-state index contributed by atoms with van der Waals surface area (Å²) in [5, 5.41) is 9.41. The van der Waals surface area contributed by atoms with Gasteiger partial charge in [0.2, 0.25) is 0 Å². The lowest BCUT2D eigenvalue weighted by Crippen LogP contribution is -1.82. The first-order valence-electron chi connectivity index (χ1n) is 7.51. The summed E-state index contributed by atoms with van der Waals surface area (Å²) in [5.41, 5.74) is 3.32. The van der Waals surface area contributed by atoms with Gasteiger partial charge in [0.05, 0.1) is 10.7 Å². The molecule has 0 aliphatic rings. The molecular formula is C19H13ClN4. The highest BCUT2D eigenvalue weighted by Crippen LogP contribution is 2.32. The van der Waals surface area contributed by atoms with E-state index in [1.165, 1.54) is 0 Å². The molecule has 2 aromatic heterocycles. The molecule has 2 aromatic carbocycles. The van der Waals surface area contributed by atoms with Gasteiger partial charge in [-0.3, -0.25) is 4.40 Å². The summed E-state index contributed by atoms with van der Waals surface area (Å²) in [6.07, 6.45) is 1.80. The van der Waals surface area contributed by atoms with Crippen LogP contribution in [0.25, 0.3) is 16.9 Å². The van der Waals surface area contributed by atoms with Crippen molar-refractivity contribution in [1.29, 1.82) is 0 Å². The van der Waals surface area contributed by atoms with E-state index in [0.29, 0.717) is 10.8 Å². The van der Waals surface area contributed by atoms with Crippen molar-refractivity contribution in [3.8, 4) is 11.3 Å². The lowest BCUT2D eigenvalue weighted by Gasteiger charge is -2.00. The molecule has 4 rings (SSSR count). The molecule has 0 aliphatic heterocycles. The van der Waals surface area contributed by atoms with E-state index in [2.05, 4.69) is 15.2 Å². The normalized spacial score (nSPS) is 11.4. The molecule has 0 amide bonds. The van der Waals surface area contributed by atoms with Gasteiger partial charge >= 0.3 is 0 Å². The Morgan fingerprint density at radius 2 is 1.50 bits per heavy atom. The minimum Gasteiger partial charge on any atom is -0.281 e. The zero-order valence-corrected chi connectivity index (χ0v) is 13.4. The van der Waals surface area contributed by atoms with Crippen LogP contribution in [0.3, 0.4) is 0 Å². The van der Waals surface area contributed by atoms with Crippen molar-refractivity contribution >= 4 is 28.8 Å². The Bertz CT molecular complexity index is 1010. The first kappa shape index (κ1) is 14.6. The molecule has 0 saturated heterocycles. The predicted octanol–water partition coefficient (Wildman–Crippen LogP) is 6.07. The molecule has 0 fully saturated rings. The van der Waals surface area contributed by atoms with Crippen molar-refractivity contribution in [3.05, 3.63) is 84.0 Å². The molecule has 2 heterocycles. The molecule has 0 spiro atoms. The van der Waals surface area contributed by atoms with Gasteiger partial charge in [0.1, 0.15) is 11.3 Å². The number of aromatic nitrogens is 2. The largest absolute Gasteiger partial charge is 0.281 e. The minimum absolute atomic E-state index is 0.621. The van der Waals surface area contributed by atoms with E-state index in [0.717, 1.165) is 22.6 Å². The molecule has 24 heavy (non-hydrogen) atoms. The van der Waals surface area contributed by atoms with E-state index in [-0.39, 0.29) is 0 Å². The molecule has 0 aliphatic carbocycles. The number of fused-ring (bicyclic) bond motifs is 1. The highest BCUT2D eigenvalue weighted by molar-refractivity contribution is 6.30. The molecule has 116 valence electrons. The van der Waals surface area contributed by atoms with Crippen molar-refractivity contribution < 1.29 is 0 Å². The number of azo groups is 1. The van der Waals surface area contributed by atoms with E-state index in [9.17, 15) is 0 Å². The summed E-state index contributed by atoms with van der Waals surface area (Å²) in [4.78, 5) is 4.69. The molecule has 0 bridgehead atoms. The average Bonchev–Trinajstić information content (AvgIpc) is 2.99.